The molecule has 3 rings (SSSR count). The van der Waals surface area contributed by atoms with Gasteiger partial charge in [-0.2, -0.15) is 0 Å². The molecule has 3 aromatic rings. The summed E-state index contributed by atoms with van der Waals surface area (Å²) in [7, 11) is 0. The van der Waals surface area contributed by atoms with Crippen molar-refractivity contribution in [3.63, 3.8) is 0 Å². The minimum Gasteiger partial charge on any atom is -0.326 e. The third-order valence-corrected chi connectivity index (χ3v) is 5.71. The Hall–Kier alpha value is -3.04. The Balaban J connectivity index is 1.68. The summed E-state index contributed by atoms with van der Waals surface area (Å²) in [5.41, 5.74) is 1.08. The Morgan fingerprint density at radius 2 is 1.90 bits per heavy atom. The highest BCUT2D eigenvalue weighted by molar-refractivity contribution is 7.18. The third-order valence-electron chi connectivity index (χ3n) is 4.59. The highest BCUT2D eigenvalue weighted by atomic mass is 35.5. The van der Waals surface area contributed by atoms with Gasteiger partial charge in [0, 0.05) is 16.3 Å². The first-order valence-electron chi connectivity index (χ1n) is 9.59. The van der Waals surface area contributed by atoms with Crippen LogP contribution in [-0.2, 0) is 4.79 Å². The van der Waals surface area contributed by atoms with E-state index >= 15 is 0 Å². The first kappa shape index (κ1) is 22.6. The Bertz CT molecular complexity index is 1080. The lowest BCUT2D eigenvalue weighted by molar-refractivity contribution is -0.119. The fraction of sp³-hybridized carbons (Fsp3) is 0.238. The van der Waals surface area contributed by atoms with Crippen LogP contribution in [0.3, 0.4) is 0 Å². The van der Waals surface area contributed by atoms with E-state index in [0.717, 1.165) is 5.56 Å². The van der Waals surface area contributed by atoms with Crippen molar-refractivity contribution < 1.29 is 14.0 Å². The van der Waals surface area contributed by atoms with Crippen LogP contribution < -0.4 is 16.0 Å². The van der Waals surface area contributed by atoms with Gasteiger partial charge in [-0.1, -0.05) is 61.4 Å². The Kier molecular flexibility index (Phi) is 7.54. The first-order chi connectivity index (χ1) is 14.9. The van der Waals surface area contributed by atoms with Crippen molar-refractivity contribution in [2.75, 3.05) is 10.6 Å². The predicted molar refractivity (Wildman–Crippen MR) is 121 cm³/mol. The largest absolute Gasteiger partial charge is 0.326 e. The fourth-order valence-electron chi connectivity index (χ4n) is 2.77. The number of nitrogens with zero attached hydrogens (tertiary/aromatic N) is 2. The van der Waals surface area contributed by atoms with Gasteiger partial charge >= 0.3 is 6.03 Å². The number of aromatic nitrogens is 2. The second-order valence-corrected chi connectivity index (χ2v) is 8.30. The molecule has 162 valence electrons. The number of carbonyl (C=O) groups excluding carboxylic acids is 2. The molecule has 10 heteroatoms. The third kappa shape index (κ3) is 6.22. The lowest BCUT2D eigenvalue weighted by atomic mass is 9.98. The number of anilines is 2. The van der Waals surface area contributed by atoms with Gasteiger partial charge in [-0.15, -0.1) is 10.2 Å². The second-order valence-electron chi connectivity index (χ2n) is 6.88. The van der Waals surface area contributed by atoms with Crippen molar-refractivity contribution in [2.24, 2.45) is 5.92 Å². The van der Waals surface area contributed by atoms with Crippen molar-refractivity contribution in [1.82, 2.24) is 15.5 Å². The molecule has 1 heterocycles. The van der Waals surface area contributed by atoms with Crippen LogP contribution in [-0.4, -0.2) is 28.2 Å². The summed E-state index contributed by atoms with van der Waals surface area (Å²) in [5.74, 6) is -1.04. The molecule has 0 saturated heterocycles. The Labute approximate surface area is 188 Å². The molecule has 0 radical (unpaired) electrons. The van der Waals surface area contributed by atoms with Crippen LogP contribution in [0.5, 0.6) is 0 Å². The van der Waals surface area contributed by atoms with Gasteiger partial charge in [0.1, 0.15) is 16.9 Å². The summed E-state index contributed by atoms with van der Waals surface area (Å²) in [6.07, 6.45) is 0.655. The molecule has 0 aliphatic heterocycles. The summed E-state index contributed by atoms with van der Waals surface area (Å²) < 4.78 is 13.3. The molecule has 2 atom stereocenters. The van der Waals surface area contributed by atoms with E-state index in [2.05, 4.69) is 26.1 Å². The van der Waals surface area contributed by atoms with E-state index in [-0.39, 0.29) is 11.6 Å². The molecule has 3 N–H and O–H groups in total. The lowest BCUT2D eigenvalue weighted by Gasteiger charge is -2.23. The molecule has 3 amide bonds. The van der Waals surface area contributed by atoms with Crippen molar-refractivity contribution in [1.29, 1.82) is 0 Å². The van der Waals surface area contributed by atoms with Crippen LogP contribution in [0.15, 0.2) is 48.5 Å². The van der Waals surface area contributed by atoms with Crippen LogP contribution in [0.2, 0.25) is 5.02 Å². The molecule has 2 aromatic carbocycles. The van der Waals surface area contributed by atoms with Crippen molar-refractivity contribution in [3.8, 4) is 10.6 Å². The number of hydrogen-bond donors (Lipinski definition) is 3. The number of rotatable bonds is 7. The van der Waals surface area contributed by atoms with Crippen molar-refractivity contribution in [2.45, 2.75) is 26.3 Å². The maximum atomic E-state index is 13.3. The molecule has 0 spiro atoms. The highest BCUT2D eigenvalue weighted by Crippen LogP contribution is 2.28. The normalized spacial score (nSPS) is 12.6. The van der Waals surface area contributed by atoms with E-state index in [4.69, 9.17) is 11.6 Å². The fourth-order valence-corrected chi connectivity index (χ4v) is 3.70. The summed E-state index contributed by atoms with van der Waals surface area (Å²) in [6, 6.07) is 11.2. The molecular weight excluding hydrogens is 441 g/mol. The average molecular weight is 462 g/mol. The zero-order valence-electron chi connectivity index (χ0n) is 16.9. The van der Waals surface area contributed by atoms with Crippen LogP contribution in [0.25, 0.3) is 10.6 Å². The summed E-state index contributed by atoms with van der Waals surface area (Å²) in [4.78, 5) is 25.2. The number of nitrogens with one attached hydrogen (secondary N) is 3. The van der Waals surface area contributed by atoms with Gasteiger partial charge in [0.15, 0.2) is 0 Å². The number of hydrogen-bond acceptors (Lipinski definition) is 5. The minimum atomic E-state index is -0.822. The number of amides is 3. The van der Waals surface area contributed by atoms with Gasteiger partial charge in [-0.3, -0.25) is 10.1 Å². The zero-order valence-corrected chi connectivity index (χ0v) is 18.4. The maximum Gasteiger partial charge on any atom is 0.319 e. The molecule has 0 unspecified atom stereocenters. The van der Waals surface area contributed by atoms with Gasteiger partial charge in [-0.25, -0.2) is 9.18 Å². The molecule has 0 bridgehead atoms. The van der Waals surface area contributed by atoms with Crippen LogP contribution in [0.1, 0.15) is 20.3 Å². The SMILES string of the molecule is CC[C@@H](C)[C@@H](NC(=O)Nc1cccc(F)c1)C(=O)Nc1nnc(-c2cccc(Cl)c2)s1. The van der Waals surface area contributed by atoms with Crippen molar-refractivity contribution >= 4 is 45.7 Å². The number of benzene rings is 2. The Morgan fingerprint density at radius 1 is 1.13 bits per heavy atom. The standard InChI is InChI=1S/C21H21ClFN5O2S/c1-3-12(2)17(25-20(30)24-16-9-5-8-15(23)11-16)18(29)26-21-28-27-19(31-21)13-6-4-7-14(22)10-13/h4-12,17H,3H2,1-2H3,(H2,24,25,30)(H,26,28,29)/t12-,17-/m1/s1. The van der Waals surface area contributed by atoms with E-state index in [1.54, 1.807) is 24.3 Å². The van der Waals surface area contributed by atoms with Crippen LogP contribution in [0.4, 0.5) is 20.0 Å². The van der Waals surface area contributed by atoms with Crippen molar-refractivity contribution in [3.05, 3.63) is 59.4 Å². The van der Waals surface area contributed by atoms with Gasteiger partial charge < -0.3 is 10.6 Å². The summed E-state index contributed by atoms with van der Waals surface area (Å²) in [5, 5.41) is 17.5. The quantitative estimate of drug-likeness (QED) is 0.452. The van der Waals surface area contributed by atoms with E-state index in [1.807, 2.05) is 19.9 Å². The van der Waals surface area contributed by atoms with E-state index in [0.29, 0.717) is 21.6 Å². The predicted octanol–water partition coefficient (Wildman–Crippen LogP) is 5.17. The van der Waals surface area contributed by atoms with Crippen LogP contribution in [0, 0.1) is 11.7 Å². The smallest absolute Gasteiger partial charge is 0.319 e. The monoisotopic (exact) mass is 461 g/mol. The van der Waals surface area contributed by atoms with E-state index < -0.39 is 23.8 Å². The maximum absolute atomic E-state index is 13.3. The van der Waals surface area contributed by atoms with Gasteiger partial charge in [0.05, 0.1) is 0 Å². The summed E-state index contributed by atoms with van der Waals surface area (Å²) >= 11 is 7.21. The topological polar surface area (TPSA) is 96.0 Å². The first-order valence-corrected chi connectivity index (χ1v) is 10.8. The number of urea groups is 1. The zero-order chi connectivity index (χ0) is 22.4. The molecule has 7 nitrogen and oxygen atoms in total. The Morgan fingerprint density at radius 3 is 2.61 bits per heavy atom. The number of carbonyl (C=O) groups is 2. The molecule has 0 aliphatic rings. The van der Waals surface area contributed by atoms with Crippen LogP contribution >= 0.6 is 22.9 Å². The molecule has 0 saturated carbocycles. The molecule has 0 fully saturated rings. The van der Waals surface area contributed by atoms with Gasteiger partial charge in [-0.05, 0) is 36.2 Å². The molecule has 0 aliphatic carbocycles. The molecule has 31 heavy (non-hydrogen) atoms. The van der Waals surface area contributed by atoms with Gasteiger partial charge in [0.2, 0.25) is 11.0 Å². The van der Waals surface area contributed by atoms with Gasteiger partial charge in [0.25, 0.3) is 0 Å². The second kappa shape index (κ2) is 10.3. The molecule has 1 aromatic heterocycles. The minimum absolute atomic E-state index is 0.154. The molecular formula is C21H21ClFN5O2S. The lowest BCUT2D eigenvalue weighted by Crippen LogP contribution is -2.49. The number of halogens is 2. The average Bonchev–Trinajstić information content (AvgIpc) is 3.20. The summed E-state index contributed by atoms with van der Waals surface area (Å²) in [6.45, 7) is 3.77. The highest BCUT2D eigenvalue weighted by Gasteiger charge is 2.27. The van der Waals surface area contributed by atoms with E-state index in [9.17, 15) is 14.0 Å². The van der Waals surface area contributed by atoms with E-state index in [1.165, 1.54) is 29.5 Å².